The highest BCUT2D eigenvalue weighted by Crippen LogP contribution is 2.40. The quantitative estimate of drug-likeness (QED) is 0.683. The second-order valence-electron chi connectivity index (χ2n) is 8.41. The summed E-state index contributed by atoms with van der Waals surface area (Å²) < 4.78 is 1.20. The molecule has 1 N–H and O–H groups in total. The van der Waals surface area contributed by atoms with Crippen LogP contribution >= 0.6 is 11.3 Å². The Morgan fingerprint density at radius 3 is 2.50 bits per heavy atom. The average Bonchev–Trinajstić information content (AvgIpc) is 3.54. The van der Waals surface area contributed by atoms with Crippen LogP contribution in [0.5, 0.6) is 0 Å². The van der Waals surface area contributed by atoms with Gasteiger partial charge >= 0.3 is 0 Å². The first-order chi connectivity index (χ1) is 14.8. The maximum atomic E-state index is 4.80. The number of hydrogen-bond acceptors (Lipinski definition) is 7. The van der Waals surface area contributed by atoms with Gasteiger partial charge in [0.05, 0.1) is 10.9 Å². The zero-order chi connectivity index (χ0) is 20.6. The van der Waals surface area contributed by atoms with Crippen LogP contribution in [-0.4, -0.2) is 54.2 Å². The number of fused-ring (bicyclic) bond motifs is 1. The van der Waals surface area contributed by atoms with E-state index in [4.69, 9.17) is 4.98 Å². The second kappa shape index (κ2) is 8.12. The maximum Gasteiger partial charge on any atom is 0.130 e. The molecule has 3 aromatic heterocycles. The molecule has 0 amide bonds. The third-order valence-electron chi connectivity index (χ3n) is 6.39. The third-order valence-corrected chi connectivity index (χ3v) is 7.46. The molecule has 6 nitrogen and oxygen atoms in total. The molecule has 0 bridgehead atoms. The third kappa shape index (κ3) is 3.54. The molecule has 3 aliphatic heterocycles. The largest absolute Gasteiger partial charge is 0.357 e. The van der Waals surface area contributed by atoms with Crippen LogP contribution in [0.4, 0.5) is 11.6 Å². The van der Waals surface area contributed by atoms with Crippen LogP contribution in [0.25, 0.3) is 20.8 Å². The van der Waals surface area contributed by atoms with Crippen molar-refractivity contribution >= 4 is 33.2 Å². The summed E-state index contributed by atoms with van der Waals surface area (Å²) in [5, 5.41) is 4.52. The number of hydrogen-bond donors (Lipinski definition) is 1. The zero-order valence-electron chi connectivity index (χ0n) is 17.9. The summed E-state index contributed by atoms with van der Waals surface area (Å²) in [6, 6.07) is 6.49. The molecular formula is C23H30N6S. The van der Waals surface area contributed by atoms with Crippen LogP contribution in [0.1, 0.15) is 33.1 Å². The first-order valence-corrected chi connectivity index (χ1v) is 12.0. The monoisotopic (exact) mass is 422 g/mol. The molecule has 1 spiro atoms. The maximum absolute atomic E-state index is 4.80. The van der Waals surface area contributed by atoms with Gasteiger partial charge in [-0.25, -0.2) is 15.0 Å². The van der Waals surface area contributed by atoms with Gasteiger partial charge in [0.15, 0.2) is 0 Å². The molecule has 0 saturated carbocycles. The average molecular weight is 423 g/mol. The van der Waals surface area contributed by atoms with E-state index in [-0.39, 0.29) is 0 Å². The summed E-state index contributed by atoms with van der Waals surface area (Å²) in [5.41, 5.74) is 2.55. The number of pyridine rings is 2. The Morgan fingerprint density at radius 2 is 1.80 bits per heavy atom. The molecule has 0 aliphatic carbocycles. The van der Waals surface area contributed by atoms with Gasteiger partial charge in [-0.2, -0.15) is 0 Å². The number of aromatic nitrogens is 3. The molecule has 0 aromatic carbocycles. The van der Waals surface area contributed by atoms with Crippen molar-refractivity contribution in [3.05, 3.63) is 30.6 Å². The summed E-state index contributed by atoms with van der Waals surface area (Å²) >= 11 is 1.73. The van der Waals surface area contributed by atoms with Crippen molar-refractivity contribution in [2.75, 3.05) is 49.1 Å². The van der Waals surface area contributed by atoms with Crippen LogP contribution in [0.15, 0.2) is 30.6 Å². The Kier molecular flexibility index (Phi) is 5.33. The Bertz CT molecular complexity index is 994. The highest BCUT2D eigenvalue weighted by molar-refractivity contribution is 7.21. The van der Waals surface area contributed by atoms with Gasteiger partial charge in [0.1, 0.15) is 22.2 Å². The molecular weight excluding hydrogens is 392 g/mol. The number of anilines is 2. The smallest absolute Gasteiger partial charge is 0.130 e. The van der Waals surface area contributed by atoms with Crippen molar-refractivity contribution in [1.29, 1.82) is 0 Å². The summed E-state index contributed by atoms with van der Waals surface area (Å²) in [6.07, 6.45) is 7.72. The number of nitrogens with zero attached hydrogens (tertiary/aromatic N) is 5. The van der Waals surface area contributed by atoms with E-state index in [1.54, 1.807) is 11.3 Å². The van der Waals surface area contributed by atoms with Crippen molar-refractivity contribution < 1.29 is 0 Å². The summed E-state index contributed by atoms with van der Waals surface area (Å²) in [7, 11) is 0. The zero-order valence-corrected chi connectivity index (χ0v) is 18.7. The van der Waals surface area contributed by atoms with Gasteiger partial charge in [-0.1, -0.05) is 13.8 Å². The lowest BCUT2D eigenvalue weighted by Gasteiger charge is -2.48. The first-order valence-electron chi connectivity index (χ1n) is 11.2. The van der Waals surface area contributed by atoms with E-state index < -0.39 is 0 Å². The number of thiazole rings is 1. The van der Waals surface area contributed by atoms with Crippen LogP contribution in [0.2, 0.25) is 0 Å². The van der Waals surface area contributed by atoms with E-state index in [1.807, 2.05) is 26.2 Å². The number of rotatable bonds is 3. The fourth-order valence-electron chi connectivity index (χ4n) is 4.75. The van der Waals surface area contributed by atoms with Gasteiger partial charge in [-0.3, -0.25) is 0 Å². The van der Waals surface area contributed by atoms with Crippen LogP contribution < -0.4 is 15.1 Å². The molecule has 0 atom stereocenters. The van der Waals surface area contributed by atoms with Crippen molar-refractivity contribution in [3.8, 4) is 10.6 Å². The molecule has 6 heterocycles. The van der Waals surface area contributed by atoms with E-state index in [2.05, 4.69) is 43.3 Å². The minimum atomic E-state index is 0.484. The molecule has 30 heavy (non-hydrogen) atoms. The van der Waals surface area contributed by atoms with E-state index in [9.17, 15) is 0 Å². The standard InChI is InChI=1S/C21H24N6S.C2H6/c1-2-8-26(7-1)18-4-3-15(10-23-18)20-25-16-11-24-19(9-17(16)28-20)27-13-21(14-27)5-6-22-12-21;1-2/h3-4,9-11,22H,1-2,5-8,12-14H2;1-2H3. The van der Waals surface area contributed by atoms with Crippen LogP contribution in [-0.2, 0) is 0 Å². The fraction of sp³-hybridized carbons (Fsp3) is 0.522. The number of nitrogens with one attached hydrogen (secondary N) is 1. The minimum absolute atomic E-state index is 0.484. The predicted molar refractivity (Wildman–Crippen MR) is 126 cm³/mol. The highest BCUT2D eigenvalue weighted by Gasteiger charge is 2.45. The fourth-order valence-corrected chi connectivity index (χ4v) is 5.71. The van der Waals surface area contributed by atoms with E-state index in [0.29, 0.717) is 5.41 Å². The summed E-state index contributed by atoms with van der Waals surface area (Å²) in [4.78, 5) is 18.9. The normalized spacial score (nSPS) is 19.8. The molecule has 3 saturated heterocycles. The Hall–Kier alpha value is -2.25. The van der Waals surface area contributed by atoms with Crippen molar-refractivity contribution in [1.82, 2.24) is 20.3 Å². The molecule has 3 aliphatic rings. The summed E-state index contributed by atoms with van der Waals surface area (Å²) in [6.45, 7) is 10.8. The topological polar surface area (TPSA) is 57.2 Å². The lowest BCUT2D eigenvalue weighted by atomic mass is 9.79. The highest BCUT2D eigenvalue weighted by atomic mass is 32.1. The molecule has 0 radical (unpaired) electrons. The molecule has 7 heteroatoms. The minimum Gasteiger partial charge on any atom is -0.357 e. The Labute approximate surface area is 182 Å². The predicted octanol–water partition coefficient (Wildman–Crippen LogP) is 4.18. The van der Waals surface area contributed by atoms with E-state index in [1.165, 1.54) is 24.0 Å². The molecule has 6 rings (SSSR count). The molecule has 3 fully saturated rings. The van der Waals surface area contributed by atoms with Crippen molar-refractivity contribution in [2.24, 2.45) is 5.41 Å². The van der Waals surface area contributed by atoms with Gasteiger partial charge in [0, 0.05) is 56.0 Å². The Balaban J connectivity index is 0.000000937. The first kappa shape index (κ1) is 19.7. The van der Waals surface area contributed by atoms with Crippen LogP contribution in [0.3, 0.4) is 0 Å². The van der Waals surface area contributed by atoms with Gasteiger partial charge in [-0.15, -0.1) is 11.3 Å². The lowest BCUT2D eigenvalue weighted by Crippen LogP contribution is -2.57. The van der Waals surface area contributed by atoms with Crippen molar-refractivity contribution in [3.63, 3.8) is 0 Å². The molecule has 0 unspecified atom stereocenters. The molecule has 158 valence electrons. The van der Waals surface area contributed by atoms with Gasteiger partial charge in [0.25, 0.3) is 0 Å². The summed E-state index contributed by atoms with van der Waals surface area (Å²) in [5.74, 6) is 2.17. The van der Waals surface area contributed by atoms with Gasteiger partial charge in [-0.05, 0) is 37.9 Å². The van der Waals surface area contributed by atoms with Crippen LogP contribution in [0, 0.1) is 5.41 Å². The van der Waals surface area contributed by atoms with Crippen molar-refractivity contribution in [2.45, 2.75) is 33.1 Å². The second-order valence-corrected chi connectivity index (χ2v) is 9.44. The van der Waals surface area contributed by atoms with E-state index in [0.717, 1.165) is 67.0 Å². The molecule has 3 aromatic rings. The van der Waals surface area contributed by atoms with Gasteiger partial charge < -0.3 is 15.1 Å². The van der Waals surface area contributed by atoms with E-state index >= 15 is 0 Å². The SMILES string of the molecule is CC.c1cc(N2CCCC2)ncc1-c1nc2cnc(N3CC4(CCNC4)C3)cc2s1. The van der Waals surface area contributed by atoms with Gasteiger partial charge in [0.2, 0.25) is 0 Å². The Morgan fingerprint density at radius 1 is 1.00 bits per heavy atom. The lowest BCUT2D eigenvalue weighted by molar-refractivity contribution is 0.242.